The average Bonchev–Trinajstić information content (AvgIpc) is 2.33. The van der Waals surface area contributed by atoms with Crippen LogP contribution in [-0.4, -0.2) is 44.6 Å². The molecule has 6 nitrogen and oxygen atoms in total. The molecule has 19 heavy (non-hydrogen) atoms. The van der Waals surface area contributed by atoms with Crippen LogP contribution in [-0.2, 0) is 16.0 Å². The van der Waals surface area contributed by atoms with Crippen LogP contribution in [0.1, 0.15) is 5.56 Å². The Bertz CT molecular complexity index is 514. The molecule has 2 amide bonds. The van der Waals surface area contributed by atoms with Gasteiger partial charge in [0.05, 0.1) is 12.1 Å². The lowest BCUT2D eigenvalue weighted by atomic mass is 10.1. The van der Waals surface area contributed by atoms with Gasteiger partial charge in [0.15, 0.2) is 6.61 Å². The second-order valence-electron chi connectivity index (χ2n) is 4.65. The van der Waals surface area contributed by atoms with E-state index in [2.05, 4.69) is 5.43 Å². The lowest BCUT2D eigenvalue weighted by Crippen LogP contribution is -2.37. The number of nitrogens with zero attached hydrogens (tertiary/aromatic N) is 2. The summed E-state index contributed by atoms with van der Waals surface area (Å²) < 4.78 is 5.33. The highest BCUT2D eigenvalue weighted by Crippen LogP contribution is 2.31. The van der Waals surface area contributed by atoms with Crippen molar-refractivity contribution >= 4 is 17.5 Å². The van der Waals surface area contributed by atoms with Crippen molar-refractivity contribution < 1.29 is 14.3 Å². The van der Waals surface area contributed by atoms with Crippen LogP contribution in [0.5, 0.6) is 5.75 Å². The highest BCUT2D eigenvalue weighted by molar-refractivity contribution is 5.97. The minimum atomic E-state index is -0.101. The smallest absolute Gasteiger partial charge is 0.264 e. The lowest BCUT2D eigenvalue weighted by Gasteiger charge is -2.26. The van der Waals surface area contributed by atoms with E-state index >= 15 is 0 Å². The molecule has 6 heteroatoms. The fourth-order valence-corrected chi connectivity index (χ4v) is 1.90. The Morgan fingerprint density at radius 1 is 1.47 bits per heavy atom. The van der Waals surface area contributed by atoms with E-state index < -0.39 is 0 Å². The van der Waals surface area contributed by atoms with Crippen molar-refractivity contribution in [3.05, 3.63) is 23.8 Å². The van der Waals surface area contributed by atoms with E-state index in [1.165, 1.54) is 0 Å². The third-order valence-electron chi connectivity index (χ3n) is 2.82. The number of hydrazine groups is 1. The van der Waals surface area contributed by atoms with Crippen LogP contribution >= 0.6 is 0 Å². The number of amides is 2. The minimum Gasteiger partial charge on any atom is -0.482 e. The number of likely N-dealkylation sites (N-methyl/N-ethyl adjacent to an activating group) is 1. The van der Waals surface area contributed by atoms with Crippen LogP contribution in [0.4, 0.5) is 5.69 Å². The second-order valence-corrected chi connectivity index (χ2v) is 4.65. The quantitative estimate of drug-likeness (QED) is 0.790. The summed E-state index contributed by atoms with van der Waals surface area (Å²) in [4.78, 5) is 24.8. The predicted molar refractivity (Wildman–Crippen MR) is 70.9 cm³/mol. The van der Waals surface area contributed by atoms with Crippen LogP contribution in [0.3, 0.4) is 0 Å². The molecule has 1 aliphatic heterocycles. The highest BCUT2D eigenvalue weighted by Gasteiger charge is 2.22. The number of carbonyl (C=O) groups excluding carboxylic acids is 2. The maximum Gasteiger partial charge on any atom is 0.264 e. The van der Waals surface area contributed by atoms with Gasteiger partial charge in [-0.2, -0.15) is 0 Å². The van der Waals surface area contributed by atoms with Gasteiger partial charge in [0.25, 0.3) is 5.91 Å². The number of nitrogens with one attached hydrogen (secondary N) is 1. The zero-order chi connectivity index (χ0) is 14.0. The number of benzene rings is 1. The number of fused-ring (bicyclic) bond motifs is 1. The van der Waals surface area contributed by atoms with E-state index in [4.69, 9.17) is 4.74 Å². The molecule has 1 aromatic carbocycles. The van der Waals surface area contributed by atoms with Gasteiger partial charge in [-0.15, -0.1) is 0 Å². The Morgan fingerprint density at radius 3 is 2.89 bits per heavy atom. The van der Waals surface area contributed by atoms with Gasteiger partial charge in [0.1, 0.15) is 5.75 Å². The SMILES string of the molecule is CN(C)NC(=O)Cc1ccc2c(c1)N(C)C(=O)CO2. The molecule has 0 aliphatic carbocycles. The van der Waals surface area contributed by atoms with Gasteiger partial charge in [0.2, 0.25) is 5.91 Å². The van der Waals surface area contributed by atoms with Crippen LogP contribution in [0.25, 0.3) is 0 Å². The number of carbonyl (C=O) groups is 2. The first-order valence-electron chi connectivity index (χ1n) is 5.96. The molecule has 0 aromatic heterocycles. The molecule has 1 heterocycles. The summed E-state index contributed by atoms with van der Waals surface area (Å²) in [5.74, 6) is 0.469. The van der Waals surface area contributed by atoms with Gasteiger partial charge in [0, 0.05) is 21.1 Å². The van der Waals surface area contributed by atoms with Crippen LogP contribution < -0.4 is 15.1 Å². The van der Waals surface area contributed by atoms with Crippen molar-refractivity contribution in [1.29, 1.82) is 0 Å². The molecule has 0 saturated heterocycles. The van der Waals surface area contributed by atoms with Gasteiger partial charge in [-0.25, -0.2) is 5.01 Å². The zero-order valence-electron chi connectivity index (χ0n) is 11.3. The molecule has 0 unspecified atom stereocenters. The summed E-state index contributed by atoms with van der Waals surface area (Å²) in [6.07, 6.45) is 0.257. The Kier molecular flexibility index (Phi) is 3.71. The first kappa shape index (κ1) is 13.4. The molecule has 0 bridgehead atoms. The summed E-state index contributed by atoms with van der Waals surface area (Å²) in [6.45, 7) is 0.0595. The summed E-state index contributed by atoms with van der Waals surface area (Å²) in [6, 6.07) is 5.43. The molecule has 0 spiro atoms. The first-order valence-corrected chi connectivity index (χ1v) is 5.96. The normalized spacial score (nSPS) is 14.1. The van der Waals surface area contributed by atoms with E-state index in [0.717, 1.165) is 5.56 Å². The van der Waals surface area contributed by atoms with Crippen molar-refractivity contribution in [3.63, 3.8) is 0 Å². The van der Waals surface area contributed by atoms with Gasteiger partial charge in [-0.05, 0) is 17.7 Å². The fraction of sp³-hybridized carbons (Fsp3) is 0.385. The number of ether oxygens (including phenoxy) is 1. The molecule has 0 radical (unpaired) electrons. The largest absolute Gasteiger partial charge is 0.482 e. The van der Waals surface area contributed by atoms with E-state index in [9.17, 15) is 9.59 Å². The average molecular weight is 263 g/mol. The third-order valence-corrected chi connectivity index (χ3v) is 2.82. The summed E-state index contributed by atoms with van der Waals surface area (Å²) in [5.41, 5.74) is 4.21. The number of hydrogen-bond donors (Lipinski definition) is 1. The van der Waals surface area contributed by atoms with Gasteiger partial charge in [-0.1, -0.05) is 6.07 Å². The van der Waals surface area contributed by atoms with Crippen molar-refractivity contribution in [2.45, 2.75) is 6.42 Å². The van der Waals surface area contributed by atoms with Crippen molar-refractivity contribution in [3.8, 4) is 5.75 Å². The molecule has 1 aliphatic rings. The third kappa shape index (κ3) is 3.03. The molecule has 1 N–H and O–H groups in total. The van der Waals surface area contributed by atoms with Crippen molar-refractivity contribution in [1.82, 2.24) is 10.4 Å². The summed E-state index contributed by atoms with van der Waals surface area (Å²) >= 11 is 0. The zero-order valence-corrected chi connectivity index (χ0v) is 11.3. The minimum absolute atomic E-state index is 0.0595. The summed E-state index contributed by atoms with van der Waals surface area (Å²) in [5, 5.41) is 1.60. The Balaban J connectivity index is 2.16. The molecular weight excluding hydrogens is 246 g/mol. The summed E-state index contributed by atoms with van der Waals surface area (Å²) in [7, 11) is 5.21. The second kappa shape index (κ2) is 5.27. The molecular formula is C13H17N3O3. The maximum atomic E-state index is 11.7. The number of anilines is 1. The molecule has 0 fully saturated rings. The van der Waals surface area contributed by atoms with E-state index in [-0.39, 0.29) is 24.8 Å². The van der Waals surface area contributed by atoms with Crippen LogP contribution in [0, 0.1) is 0 Å². The first-order chi connectivity index (χ1) is 8.97. The van der Waals surface area contributed by atoms with Crippen LogP contribution in [0.15, 0.2) is 18.2 Å². The topological polar surface area (TPSA) is 61.9 Å². The van der Waals surface area contributed by atoms with E-state index in [1.54, 1.807) is 37.1 Å². The monoisotopic (exact) mass is 263 g/mol. The fourth-order valence-electron chi connectivity index (χ4n) is 1.90. The van der Waals surface area contributed by atoms with E-state index in [1.807, 2.05) is 12.1 Å². The number of hydrogen-bond acceptors (Lipinski definition) is 4. The molecule has 2 rings (SSSR count). The molecule has 0 saturated carbocycles. The van der Waals surface area contributed by atoms with Crippen molar-refractivity contribution in [2.24, 2.45) is 0 Å². The van der Waals surface area contributed by atoms with E-state index in [0.29, 0.717) is 11.4 Å². The molecule has 0 atom stereocenters. The maximum absolute atomic E-state index is 11.7. The van der Waals surface area contributed by atoms with Gasteiger partial charge >= 0.3 is 0 Å². The highest BCUT2D eigenvalue weighted by atomic mass is 16.5. The standard InChI is InChI=1S/C13H17N3O3/c1-15(2)14-12(17)7-9-4-5-11-10(6-9)16(3)13(18)8-19-11/h4-6H,7-8H2,1-3H3,(H,14,17). The Hall–Kier alpha value is -2.08. The van der Waals surface area contributed by atoms with Gasteiger partial charge in [-0.3, -0.25) is 15.0 Å². The van der Waals surface area contributed by atoms with Crippen molar-refractivity contribution in [2.75, 3.05) is 32.6 Å². The number of rotatable bonds is 3. The predicted octanol–water partition coefficient (Wildman–Crippen LogP) is 0.177. The molecule has 102 valence electrons. The lowest BCUT2D eigenvalue weighted by molar-refractivity contribution is -0.124. The Labute approximate surface area is 111 Å². The van der Waals surface area contributed by atoms with Crippen LogP contribution in [0.2, 0.25) is 0 Å². The molecule has 1 aromatic rings. The Morgan fingerprint density at radius 2 is 2.21 bits per heavy atom. The van der Waals surface area contributed by atoms with Gasteiger partial charge < -0.3 is 9.64 Å².